The molecule has 0 aliphatic heterocycles. The fraction of sp³-hybridized carbons (Fsp3) is 0.0667. The topological polar surface area (TPSA) is 126 Å². The molecule has 1 heterocycles. The molecule has 0 unspecified atom stereocenters. The molecule has 0 saturated heterocycles. The van der Waals surface area contributed by atoms with Crippen LogP contribution in [0.15, 0.2) is 72.8 Å². The van der Waals surface area contributed by atoms with Gasteiger partial charge in [0.05, 0.1) is 0 Å². The van der Waals surface area contributed by atoms with Gasteiger partial charge in [-0.1, -0.05) is 6.92 Å². The van der Waals surface area contributed by atoms with Gasteiger partial charge in [-0.2, -0.15) is 15.0 Å². The van der Waals surface area contributed by atoms with Gasteiger partial charge in [0.1, 0.15) is 0 Å². The second kappa shape index (κ2) is 12.0. The number of hydrogen-bond donors (Lipinski definition) is 3. The van der Waals surface area contributed by atoms with Gasteiger partial charge in [-0.15, -0.1) is 12.8 Å². The molecule has 0 atom stereocenters. The molecule has 39 heavy (non-hydrogen) atoms. The first-order valence-electron chi connectivity index (χ1n) is 11.8. The molecule has 190 valence electrons. The molecule has 0 spiro atoms. The first kappa shape index (κ1) is 26.3. The summed E-state index contributed by atoms with van der Waals surface area (Å²) < 4.78 is 0. The van der Waals surface area contributed by atoms with Crippen LogP contribution in [0.25, 0.3) is 0 Å². The van der Waals surface area contributed by atoms with Gasteiger partial charge in [0.25, 0.3) is 0 Å². The Balaban J connectivity index is 1.62. The Labute approximate surface area is 225 Å². The van der Waals surface area contributed by atoms with E-state index in [1.165, 1.54) is 0 Å². The van der Waals surface area contributed by atoms with Crippen LogP contribution < -0.4 is 16.0 Å². The van der Waals surface area contributed by atoms with Gasteiger partial charge >= 0.3 is 0 Å². The highest BCUT2D eigenvalue weighted by molar-refractivity contribution is 6.09. The molecule has 0 bridgehead atoms. The van der Waals surface area contributed by atoms with E-state index in [9.17, 15) is 14.4 Å². The molecule has 0 aliphatic carbocycles. The van der Waals surface area contributed by atoms with Crippen LogP contribution in [-0.4, -0.2) is 32.3 Å². The van der Waals surface area contributed by atoms with Gasteiger partial charge in [-0.3, -0.25) is 14.4 Å². The molecule has 1 aromatic heterocycles. The number of nitrogens with zero attached hydrogens (tertiary/aromatic N) is 3. The predicted molar refractivity (Wildman–Crippen MR) is 150 cm³/mol. The highest BCUT2D eigenvalue weighted by Crippen LogP contribution is 2.22. The molecule has 0 radical (unpaired) electrons. The average Bonchev–Trinajstić information content (AvgIpc) is 2.97. The third-order valence-corrected chi connectivity index (χ3v) is 5.49. The summed E-state index contributed by atoms with van der Waals surface area (Å²) in [5, 5.41) is 9.29. The molecule has 0 amide bonds. The molecule has 0 saturated carbocycles. The number of carbonyl (C=O) groups excluding carboxylic acids is 3. The van der Waals surface area contributed by atoms with Crippen LogP contribution in [0.3, 0.4) is 0 Å². The summed E-state index contributed by atoms with van der Waals surface area (Å²) in [7, 11) is 0. The van der Waals surface area contributed by atoms with Gasteiger partial charge < -0.3 is 16.0 Å². The van der Waals surface area contributed by atoms with E-state index in [-0.39, 0.29) is 23.6 Å². The number of Topliss-reactive ketones (excluding diaryl/α,β-unsaturated/α-hetero) is 3. The summed E-state index contributed by atoms with van der Waals surface area (Å²) in [5.74, 6) is 4.03. The van der Waals surface area contributed by atoms with E-state index in [0.29, 0.717) is 40.2 Å². The number of hydrogen-bond acceptors (Lipinski definition) is 9. The molecule has 0 fully saturated rings. The summed E-state index contributed by atoms with van der Waals surface area (Å²) in [5.41, 5.74) is 3.29. The van der Waals surface area contributed by atoms with Crippen LogP contribution in [0, 0.1) is 24.7 Å². The lowest BCUT2D eigenvalue weighted by Gasteiger charge is -2.12. The fourth-order valence-corrected chi connectivity index (χ4v) is 3.45. The lowest BCUT2D eigenvalue weighted by Crippen LogP contribution is -2.08. The average molecular weight is 515 g/mol. The molecule has 3 aromatic carbocycles. The summed E-state index contributed by atoms with van der Waals surface area (Å²) in [6, 6.07) is 20.1. The minimum atomic E-state index is -0.415. The Bertz CT molecular complexity index is 1520. The minimum absolute atomic E-state index is 0.0459. The van der Waals surface area contributed by atoms with E-state index >= 15 is 0 Å². The summed E-state index contributed by atoms with van der Waals surface area (Å²) >= 11 is 0. The zero-order valence-electron chi connectivity index (χ0n) is 20.9. The zero-order valence-corrected chi connectivity index (χ0v) is 20.9. The van der Waals surface area contributed by atoms with Crippen LogP contribution in [0.4, 0.5) is 34.9 Å². The lowest BCUT2D eigenvalue weighted by molar-refractivity contribution is 0.0986. The molecule has 4 rings (SSSR count). The fourth-order valence-electron chi connectivity index (χ4n) is 3.45. The molecule has 4 aromatic rings. The van der Waals surface area contributed by atoms with E-state index in [4.69, 9.17) is 12.8 Å². The van der Waals surface area contributed by atoms with E-state index in [1.807, 2.05) is 6.92 Å². The number of aromatic nitrogens is 3. The van der Waals surface area contributed by atoms with E-state index in [2.05, 4.69) is 42.7 Å². The molecular formula is C30H22N6O3. The van der Waals surface area contributed by atoms with Crippen LogP contribution in [0.2, 0.25) is 0 Å². The number of benzene rings is 3. The van der Waals surface area contributed by atoms with Crippen molar-refractivity contribution in [2.45, 2.75) is 13.3 Å². The van der Waals surface area contributed by atoms with Crippen molar-refractivity contribution in [2.24, 2.45) is 0 Å². The van der Waals surface area contributed by atoms with Gasteiger partial charge in [0.15, 0.2) is 5.78 Å². The van der Waals surface area contributed by atoms with Crippen molar-refractivity contribution in [3.8, 4) is 24.7 Å². The van der Waals surface area contributed by atoms with Crippen molar-refractivity contribution in [3.63, 3.8) is 0 Å². The number of carbonyl (C=O) groups is 3. The van der Waals surface area contributed by atoms with Crippen LogP contribution >= 0.6 is 0 Å². The van der Waals surface area contributed by atoms with Crippen LogP contribution in [0.1, 0.15) is 44.4 Å². The first-order valence-corrected chi connectivity index (χ1v) is 11.8. The summed E-state index contributed by atoms with van der Waals surface area (Å²) in [4.78, 5) is 48.7. The highest BCUT2D eigenvalue weighted by Gasteiger charge is 2.11. The molecule has 9 heteroatoms. The van der Waals surface area contributed by atoms with Crippen LogP contribution in [0.5, 0.6) is 0 Å². The monoisotopic (exact) mass is 514 g/mol. The summed E-state index contributed by atoms with van der Waals surface area (Å²) in [6.07, 6.45) is 10.8. The summed E-state index contributed by atoms with van der Waals surface area (Å²) in [6.45, 7) is 1.81. The normalized spacial score (nSPS) is 10.0. The molecule has 3 N–H and O–H groups in total. The van der Waals surface area contributed by atoms with Gasteiger partial charge in [0, 0.05) is 40.2 Å². The van der Waals surface area contributed by atoms with Gasteiger partial charge in [-0.25, -0.2) is 0 Å². The third kappa shape index (κ3) is 6.70. The van der Waals surface area contributed by atoms with Crippen molar-refractivity contribution in [3.05, 3.63) is 89.5 Å². The number of terminal acetylenes is 2. The Morgan fingerprint density at radius 3 is 1.18 bits per heavy atom. The SMILES string of the molecule is C#CC(=O)c1ccc(Nc2nc(Nc3ccc(C(=O)C#C)cc3)nc(Nc3ccc(C(=O)CC)cc3)n2)cc1. The Hall–Kier alpha value is -5.80. The minimum Gasteiger partial charge on any atom is -0.324 e. The second-order valence-electron chi connectivity index (χ2n) is 8.14. The maximum absolute atomic E-state index is 11.9. The standard InChI is InChI=1S/C30H22N6O3/c1-4-25(37)19-7-13-22(14-8-19)31-28-34-29(32-23-15-9-20(10-16-23)26(38)5-2)36-30(35-28)33-24-17-11-21(12-18-24)27(39)6-3/h1-2,7-18H,6H2,3H3,(H3,31,32,33,34,35,36). The Morgan fingerprint density at radius 2 is 0.897 bits per heavy atom. The van der Waals surface area contributed by atoms with Crippen molar-refractivity contribution >= 4 is 52.3 Å². The van der Waals surface area contributed by atoms with Crippen molar-refractivity contribution in [2.75, 3.05) is 16.0 Å². The maximum atomic E-state index is 11.9. The number of rotatable bonds is 10. The van der Waals surface area contributed by atoms with Crippen molar-refractivity contribution < 1.29 is 14.4 Å². The predicted octanol–water partition coefficient (Wildman–Crippen LogP) is 5.33. The number of anilines is 6. The smallest absolute Gasteiger partial charge is 0.235 e. The van der Waals surface area contributed by atoms with Gasteiger partial charge in [0.2, 0.25) is 29.4 Å². The van der Waals surface area contributed by atoms with E-state index in [0.717, 1.165) is 0 Å². The van der Waals surface area contributed by atoms with Crippen molar-refractivity contribution in [1.29, 1.82) is 0 Å². The lowest BCUT2D eigenvalue weighted by atomic mass is 10.1. The van der Waals surface area contributed by atoms with Crippen LogP contribution in [-0.2, 0) is 0 Å². The van der Waals surface area contributed by atoms with E-state index in [1.54, 1.807) is 72.8 Å². The first-order chi connectivity index (χ1) is 18.9. The Kier molecular flexibility index (Phi) is 8.05. The Morgan fingerprint density at radius 1 is 0.590 bits per heavy atom. The molecule has 0 aliphatic rings. The molecular weight excluding hydrogens is 492 g/mol. The number of ketones is 3. The van der Waals surface area contributed by atoms with Crippen molar-refractivity contribution in [1.82, 2.24) is 15.0 Å². The third-order valence-electron chi connectivity index (χ3n) is 5.49. The quantitative estimate of drug-likeness (QED) is 0.146. The maximum Gasteiger partial charge on any atom is 0.235 e. The highest BCUT2D eigenvalue weighted by atomic mass is 16.1. The van der Waals surface area contributed by atoms with E-state index < -0.39 is 11.6 Å². The zero-order chi connectivity index (χ0) is 27.8. The second-order valence-corrected chi connectivity index (χ2v) is 8.14. The largest absolute Gasteiger partial charge is 0.324 e. The van der Waals surface area contributed by atoms with Gasteiger partial charge in [-0.05, 0) is 84.6 Å². The number of nitrogens with one attached hydrogen (secondary N) is 3. The molecule has 9 nitrogen and oxygen atoms in total.